The molecule has 1 aliphatic rings. The van der Waals surface area contributed by atoms with E-state index in [1.165, 1.54) is 12.5 Å². The minimum absolute atomic E-state index is 0.241. The number of ether oxygens (including phenoxy) is 2. The second-order valence-electron chi connectivity index (χ2n) is 4.54. The number of rotatable bonds is 4. The Hall–Kier alpha value is -2.34. The van der Waals surface area contributed by atoms with Gasteiger partial charge in [0.1, 0.15) is 18.1 Å². The molecule has 0 fully saturated rings. The summed E-state index contributed by atoms with van der Waals surface area (Å²) in [5.74, 6) is 1.15. The Morgan fingerprint density at radius 2 is 2.14 bits per heavy atom. The van der Waals surface area contributed by atoms with E-state index in [1.54, 1.807) is 42.7 Å². The predicted molar refractivity (Wildman–Crippen MR) is 77.8 cm³/mol. The number of fused-ring (bicyclic) bond motifs is 1. The van der Waals surface area contributed by atoms with Gasteiger partial charge in [0, 0.05) is 17.2 Å². The van der Waals surface area contributed by atoms with Crippen LogP contribution in [0.1, 0.15) is 11.1 Å². The first-order valence-electron chi connectivity index (χ1n) is 6.27. The van der Waals surface area contributed by atoms with Crippen molar-refractivity contribution in [3.63, 3.8) is 0 Å². The van der Waals surface area contributed by atoms with Crippen molar-refractivity contribution in [1.82, 2.24) is 4.98 Å². The van der Waals surface area contributed by atoms with E-state index in [1.807, 2.05) is 0 Å². The first kappa shape index (κ1) is 13.6. The first-order chi connectivity index (χ1) is 10.1. The van der Waals surface area contributed by atoms with Crippen molar-refractivity contribution in [2.75, 3.05) is 7.11 Å². The van der Waals surface area contributed by atoms with E-state index in [-0.39, 0.29) is 11.5 Å². The van der Waals surface area contributed by atoms with Gasteiger partial charge in [0.25, 0.3) is 0 Å². The SMILES string of the molecule is COc1cc(COc2cccnc2)cc2c1C=CS2(=O)=O. The molecular formula is C15H13NO4S. The molecule has 108 valence electrons. The molecule has 2 aromatic rings. The second-order valence-corrected chi connectivity index (χ2v) is 6.34. The molecule has 21 heavy (non-hydrogen) atoms. The van der Waals surface area contributed by atoms with E-state index in [2.05, 4.69) is 4.98 Å². The smallest absolute Gasteiger partial charge is 0.200 e. The van der Waals surface area contributed by atoms with Crippen LogP contribution in [0, 0.1) is 0 Å². The molecular weight excluding hydrogens is 290 g/mol. The number of pyridine rings is 1. The van der Waals surface area contributed by atoms with Crippen molar-refractivity contribution in [3.8, 4) is 11.5 Å². The van der Waals surface area contributed by atoms with Crippen molar-refractivity contribution in [3.05, 3.63) is 53.2 Å². The molecule has 1 aromatic heterocycles. The van der Waals surface area contributed by atoms with E-state index >= 15 is 0 Å². The van der Waals surface area contributed by atoms with Crippen LogP contribution in [0.25, 0.3) is 6.08 Å². The quantitative estimate of drug-likeness (QED) is 0.868. The van der Waals surface area contributed by atoms with Crippen LogP contribution in [0.15, 0.2) is 47.0 Å². The summed E-state index contributed by atoms with van der Waals surface area (Å²) in [5.41, 5.74) is 1.31. The van der Waals surface area contributed by atoms with Crippen LogP contribution in [0.2, 0.25) is 0 Å². The molecule has 3 rings (SSSR count). The largest absolute Gasteiger partial charge is 0.496 e. The van der Waals surface area contributed by atoms with Gasteiger partial charge in [0.15, 0.2) is 0 Å². The highest BCUT2D eigenvalue weighted by atomic mass is 32.2. The number of benzene rings is 1. The molecule has 1 aliphatic heterocycles. The topological polar surface area (TPSA) is 65.5 Å². The summed E-state index contributed by atoms with van der Waals surface area (Å²) < 4.78 is 34.8. The summed E-state index contributed by atoms with van der Waals surface area (Å²) in [6.45, 7) is 0.241. The number of nitrogens with zero attached hydrogens (tertiary/aromatic N) is 1. The fourth-order valence-corrected chi connectivity index (χ4v) is 3.39. The lowest BCUT2D eigenvalue weighted by molar-refractivity contribution is 0.303. The van der Waals surface area contributed by atoms with Crippen LogP contribution in [-0.4, -0.2) is 20.5 Å². The average Bonchev–Trinajstić information content (AvgIpc) is 2.81. The van der Waals surface area contributed by atoms with Gasteiger partial charge in [0.2, 0.25) is 9.84 Å². The number of methoxy groups -OCH3 is 1. The third-order valence-electron chi connectivity index (χ3n) is 3.14. The van der Waals surface area contributed by atoms with Crippen molar-refractivity contribution in [2.24, 2.45) is 0 Å². The van der Waals surface area contributed by atoms with Crippen molar-refractivity contribution in [1.29, 1.82) is 0 Å². The highest BCUT2D eigenvalue weighted by molar-refractivity contribution is 7.94. The fraction of sp³-hybridized carbons (Fsp3) is 0.133. The first-order valence-corrected chi connectivity index (χ1v) is 7.82. The molecule has 0 saturated heterocycles. The third kappa shape index (κ3) is 2.62. The molecule has 0 N–H and O–H groups in total. The molecule has 0 aliphatic carbocycles. The van der Waals surface area contributed by atoms with Crippen molar-refractivity contribution < 1.29 is 17.9 Å². The maximum atomic E-state index is 12.0. The standard InChI is InChI=1S/C15H13NO4S/c1-19-14-7-11(10-20-12-3-2-5-16-9-12)8-15-13(14)4-6-21(15,17)18/h2-9H,10H2,1H3. The Morgan fingerprint density at radius 1 is 1.29 bits per heavy atom. The van der Waals surface area contributed by atoms with Crippen molar-refractivity contribution >= 4 is 15.9 Å². The third-order valence-corrected chi connectivity index (χ3v) is 4.59. The maximum Gasteiger partial charge on any atom is 0.200 e. The molecule has 1 aromatic carbocycles. The zero-order valence-corrected chi connectivity index (χ0v) is 12.1. The van der Waals surface area contributed by atoms with Crippen LogP contribution >= 0.6 is 0 Å². The Balaban J connectivity index is 1.91. The normalized spacial score (nSPS) is 14.7. The Bertz CT molecular complexity index is 798. The monoisotopic (exact) mass is 303 g/mol. The summed E-state index contributed by atoms with van der Waals surface area (Å²) in [5, 5.41) is 1.19. The van der Waals surface area contributed by atoms with Gasteiger partial charge in [-0.2, -0.15) is 0 Å². The Morgan fingerprint density at radius 3 is 2.86 bits per heavy atom. The predicted octanol–water partition coefficient (Wildman–Crippen LogP) is 2.43. The minimum atomic E-state index is -3.37. The lowest BCUT2D eigenvalue weighted by Gasteiger charge is -2.11. The van der Waals surface area contributed by atoms with E-state index < -0.39 is 9.84 Å². The highest BCUT2D eigenvalue weighted by Gasteiger charge is 2.24. The van der Waals surface area contributed by atoms with E-state index in [9.17, 15) is 8.42 Å². The fourth-order valence-electron chi connectivity index (χ4n) is 2.14. The molecule has 0 radical (unpaired) electrons. The summed E-state index contributed by atoms with van der Waals surface area (Å²) in [7, 11) is -1.86. The van der Waals surface area contributed by atoms with E-state index in [0.29, 0.717) is 17.1 Å². The van der Waals surface area contributed by atoms with Gasteiger partial charge in [-0.1, -0.05) is 0 Å². The van der Waals surface area contributed by atoms with Gasteiger partial charge < -0.3 is 9.47 Å². The lowest BCUT2D eigenvalue weighted by Crippen LogP contribution is -2.01. The Labute approximate surface area is 122 Å². The zero-order valence-electron chi connectivity index (χ0n) is 11.3. The average molecular weight is 303 g/mol. The molecule has 5 nitrogen and oxygen atoms in total. The van der Waals surface area contributed by atoms with Crippen LogP contribution < -0.4 is 9.47 Å². The molecule has 0 atom stereocenters. The molecule has 2 heterocycles. The van der Waals surface area contributed by atoms with Gasteiger partial charge in [0.05, 0.1) is 18.2 Å². The van der Waals surface area contributed by atoms with Crippen molar-refractivity contribution in [2.45, 2.75) is 11.5 Å². The lowest BCUT2D eigenvalue weighted by atomic mass is 10.1. The molecule has 0 unspecified atom stereocenters. The number of hydrogen-bond acceptors (Lipinski definition) is 5. The van der Waals surface area contributed by atoms with E-state index in [4.69, 9.17) is 9.47 Å². The van der Waals surface area contributed by atoms with Crippen LogP contribution in [0.3, 0.4) is 0 Å². The van der Waals surface area contributed by atoms with Gasteiger partial charge in [-0.3, -0.25) is 4.98 Å². The minimum Gasteiger partial charge on any atom is -0.496 e. The van der Waals surface area contributed by atoms with Crippen LogP contribution in [0.5, 0.6) is 11.5 Å². The van der Waals surface area contributed by atoms with Gasteiger partial charge >= 0.3 is 0 Å². The van der Waals surface area contributed by atoms with Gasteiger partial charge in [-0.15, -0.1) is 0 Å². The highest BCUT2D eigenvalue weighted by Crippen LogP contribution is 2.35. The van der Waals surface area contributed by atoms with E-state index in [0.717, 1.165) is 5.56 Å². The molecule has 6 heteroatoms. The second kappa shape index (κ2) is 5.21. The summed E-state index contributed by atoms with van der Waals surface area (Å²) >= 11 is 0. The van der Waals surface area contributed by atoms with Crippen LogP contribution in [0.4, 0.5) is 0 Å². The van der Waals surface area contributed by atoms with Gasteiger partial charge in [-0.25, -0.2) is 8.42 Å². The summed E-state index contributed by atoms with van der Waals surface area (Å²) in [4.78, 5) is 4.21. The summed E-state index contributed by atoms with van der Waals surface area (Å²) in [6, 6.07) is 6.95. The Kier molecular flexibility index (Phi) is 3.39. The molecule has 0 spiro atoms. The zero-order chi connectivity index (χ0) is 14.9. The number of sulfone groups is 1. The molecule has 0 saturated carbocycles. The van der Waals surface area contributed by atoms with Gasteiger partial charge in [-0.05, 0) is 35.9 Å². The maximum absolute atomic E-state index is 12.0. The van der Waals surface area contributed by atoms with Crippen LogP contribution in [-0.2, 0) is 16.4 Å². The molecule has 0 bridgehead atoms. The number of hydrogen-bond donors (Lipinski definition) is 0. The summed E-state index contributed by atoms with van der Waals surface area (Å²) in [6.07, 6.45) is 4.81. The number of aromatic nitrogens is 1. The molecule has 0 amide bonds.